The average Bonchev–Trinajstić information content (AvgIpc) is 2.20. The van der Waals surface area contributed by atoms with Crippen LogP contribution in [0.2, 0.25) is 10.0 Å². The molecule has 14 heavy (non-hydrogen) atoms. The molecule has 0 aromatic heterocycles. The maximum atomic E-state index is 11.7. The summed E-state index contributed by atoms with van der Waals surface area (Å²) in [5.74, 6) is -0.0499. The summed E-state index contributed by atoms with van der Waals surface area (Å²) in [6, 6.07) is 4.88. The molecule has 0 aliphatic carbocycles. The van der Waals surface area contributed by atoms with Gasteiger partial charge >= 0.3 is 0 Å². The Morgan fingerprint density at radius 1 is 1.36 bits per heavy atom. The molecule has 0 atom stereocenters. The Kier molecular flexibility index (Phi) is 3.78. The number of carbonyl (C=O) groups is 1. The van der Waals surface area contributed by atoms with Crippen LogP contribution in [-0.4, -0.2) is 24.4 Å². The maximum Gasteiger partial charge on any atom is 0.253 e. The zero-order chi connectivity index (χ0) is 10.7. The second kappa shape index (κ2) is 4.67. The lowest BCUT2D eigenvalue weighted by Gasteiger charge is -2.14. The summed E-state index contributed by atoms with van der Waals surface area (Å²) in [7, 11) is 1.74. The van der Waals surface area contributed by atoms with Crippen molar-refractivity contribution in [3.63, 3.8) is 0 Å². The summed E-state index contributed by atoms with van der Waals surface area (Å²) in [5.41, 5.74) is 0.559. The van der Waals surface area contributed by atoms with E-state index in [0.717, 1.165) is 0 Å². The molecule has 0 spiro atoms. The normalized spacial score (nSPS) is 10.0. The molecule has 0 saturated heterocycles. The molecular formula is C10H11Cl2NO. The standard InChI is InChI=1S/C10H11Cl2NO/c1-3-13(2)10(14)7-4-5-8(11)9(12)6-7/h4-6H,3H2,1-2H3. The van der Waals surface area contributed by atoms with Crippen molar-refractivity contribution >= 4 is 29.1 Å². The molecule has 0 aliphatic rings. The van der Waals surface area contributed by atoms with Crippen molar-refractivity contribution in [3.05, 3.63) is 33.8 Å². The second-order valence-electron chi connectivity index (χ2n) is 2.95. The van der Waals surface area contributed by atoms with Gasteiger partial charge in [-0.15, -0.1) is 0 Å². The lowest BCUT2D eigenvalue weighted by atomic mass is 10.2. The van der Waals surface area contributed by atoms with E-state index in [-0.39, 0.29) is 5.91 Å². The van der Waals surface area contributed by atoms with Gasteiger partial charge in [0.25, 0.3) is 5.91 Å². The predicted molar refractivity (Wildman–Crippen MR) is 59.1 cm³/mol. The van der Waals surface area contributed by atoms with Gasteiger partial charge < -0.3 is 4.90 Å². The smallest absolute Gasteiger partial charge is 0.253 e. The van der Waals surface area contributed by atoms with Crippen molar-refractivity contribution in [2.45, 2.75) is 6.92 Å². The maximum absolute atomic E-state index is 11.7. The molecule has 0 aliphatic heterocycles. The highest BCUT2D eigenvalue weighted by atomic mass is 35.5. The molecular weight excluding hydrogens is 221 g/mol. The summed E-state index contributed by atoms with van der Waals surface area (Å²) in [4.78, 5) is 13.3. The molecule has 1 aromatic carbocycles. The molecule has 2 nitrogen and oxygen atoms in total. The molecule has 0 heterocycles. The molecule has 0 unspecified atom stereocenters. The number of amides is 1. The van der Waals surface area contributed by atoms with Gasteiger partial charge in [0.05, 0.1) is 10.0 Å². The van der Waals surface area contributed by atoms with Crippen LogP contribution in [0.25, 0.3) is 0 Å². The van der Waals surface area contributed by atoms with Gasteiger partial charge in [-0.2, -0.15) is 0 Å². The van der Waals surface area contributed by atoms with Crippen molar-refractivity contribution in [1.29, 1.82) is 0 Å². The first-order chi connectivity index (χ1) is 6.56. The monoisotopic (exact) mass is 231 g/mol. The number of hydrogen-bond acceptors (Lipinski definition) is 1. The van der Waals surface area contributed by atoms with Gasteiger partial charge in [-0.3, -0.25) is 4.79 Å². The first-order valence-electron chi connectivity index (χ1n) is 4.26. The minimum atomic E-state index is -0.0499. The van der Waals surface area contributed by atoms with E-state index in [1.807, 2.05) is 6.92 Å². The van der Waals surface area contributed by atoms with Crippen LogP contribution in [0, 0.1) is 0 Å². The Balaban J connectivity index is 2.97. The first-order valence-corrected chi connectivity index (χ1v) is 5.02. The van der Waals surface area contributed by atoms with Crippen molar-refractivity contribution in [2.24, 2.45) is 0 Å². The first kappa shape index (κ1) is 11.3. The van der Waals surface area contributed by atoms with Crippen LogP contribution in [0.1, 0.15) is 17.3 Å². The molecule has 0 saturated carbocycles. The highest BCUT2D eigenvalue weighted by Gasteiger charge is 2.10. The van der Waals surface area contributed by atoms with E-state index < -0.39 is 0 Å². The largest absolute Gasteiger partial charge is 0.342 e. The fraction of sp³-hybridized carbons (Fsp3) is 0.300. The highest BCUT2D eigenvalue weighted by Crippen LogP contribution is 2.22. The zero-order valence-electron chi connectivity index (χ0n) is 8.05. The van der Waals surface area contributed by atoms with Gasteiger partial charge in [-0.1, -0.05) is 23.2 Å². The summed E-state index contributed by atoms with van der Waals surface area (Å²) < 4.78 is 0. The van der Waals surface area contributed by atoms with E-state index in [9.17, 15) is 4.79 Å². The van der Waals surface area contributed by atoms with Crippen LogP contribution in [0.15, 0.2) is 18.2 Å². The van der Waals surface area contributed by atoms with Gasteiger partial charge in [0.15, 0.2) is 0 Å². The quantitative estimate of drug-likeness (QED) is 0.767. The molecule has 0 N–H and O–H groups in total. The van der Waals surface area contributed by atoms with E-state index >= 15 is 0 Å². The van der Waals surface area contributed by atoms with Crippen LogP contribution < -0.4 is 0 Å². The zero-order valence-corrected chi connectivity index (χ0v) is 9.56. The number of carbonyl (C=O) groups excluding carboxylic acids is 1. The number of hydrogen-bond donors (Lipinski definition) is 0. The topological polar surface area (TPSA) is 20.3 Å². The number of nitrogens with zero attached hydrogens (tertiary/aromatic N) is 1. The average molecular weight is 232 g/mol. The van der Waals surface area contributed by atoms with Gasteiger partial charge in [0.2, 0.25) is 0 Å². The Hall–Kier alpha value is -0.730. The second-order valence-corrected chi connectivity index (χ2v) is 3.76. The van der Waals surface area contributed by atoms with Crippen molar-refractivity contribution in [2.75, 3.05) is 13.6 Å². The van der Waals surface area contributed by atoms with Crippen molar-refractivity contribution in [3.8, 4) is 0 Å². The number of benzene rings is 1. The minimum Gasteiger partial charge on any atom is -0.342 e. The third-order valence-electron chi connectivity index (χ3n) is 1.99. The Morgan fingerprint density at radius 3 is 2.50 bits per heavy atom. The van der Waals surface area contributed by atoms with E-state index in [1.54, 1.807) is 30.1 Å². The molecule has 1 rings (SSSR count). The van der Waals surface area contributed by atoms with Gasteiger partial charge in [0.1, 0.15) is 0 Å². The fourth-order valence-electron chi connectivity index (χ4n) is 0.993. The molecule has 1 aromatic rings. The van der Waals surface area contributed by atoms with Crippen molar-refractivity contribution < 1.29 is 4.79 Å². The fourth-order valence-corrected chi connectivity index (χ4v) is 1.29. The summed E-state index contributed by atoms with van der Waals surface area (Å²) in [5, 5.41) is 0.865. The van der Waals surface area contributed by atoms with Crippen LogP contribution in [0.3, 0.4) is 0 Å². The Labute approximate surface area is 93.4 Å². The summed E-state index contributed by atoms with van der Waals surface area (Å²) in [6.45, 7) is 2.58. The van der Waals surface area contributed by atoms with Gasteiger partial charge in [-0.25, -0.2) is 0 Å². The SMILES string of the molecule is CCN(C)C(=O)c1ccc(Cl)c(Cl)c1. The summed E-state index contributed by atoms with van der Waals surface area (Å²) in [6.07, 6.45) is 0. The van der Waals surface area contributed by atoms with Crippen molar-refractivity contribution in [1.82, 2.24) is 4.90 Å². The summed E-state index contributed by atoms with van der Waals surface area (Å²) >= 11 is 11.5. The minimum absolute atomic E-state index is 0.0499. The van der Waals surface area contributed by atoms with E-state index in [0.29, 0.717) is 22.2 Å². The van der Waals surface area contributed by atoms with E-state index in [4.69, 9.17) is 23.2 Å². The number of rotatable bonds is 2. The molecule has 0 bridgehead atoms. The van der Waals surface area contributed by atoms with E-state index in [2.05, 4.69) is 0 Å². The Bertz CT molecular complexity index is 352. The predicted octanol–water partition coefficient (Wildman–Crippen LogP) is 3.09. The van der Waals surface area contributed by atoms with Crippen LogP contribution in [0.5, 0.6) is 0 Å². The van der Waals surface area contributed by atoms with E-state index in [1.165, 1.54) is 0 Å². The third-order valence-corrected chi connectivity index (χ3v) is 2.73. The molecule has 1 amide bonds. The van der Waals surface area contributed by atoms with Gasteiger partial charge in [0, 0.05) is 19.2 Å². The lowest BCUT2D eigenvalue weighted by molar-refractivity contribution is 0.0802. The van der Waals surface area contributed by atoms with Crippen LogP contribution in [0.4, 0.5) is 0 Å². The molecule has 0 fully saturated rings. The lowest BCUT2D eigenvalue weighted by Crippen LogP contribution is -2.26. The van der Waals surface area contributed by atoms with Crippen LogP contribution >= 0.6 is 23.2 Å². The van der Waals surface area contributed by atoms with Gasteiger partial charge in [-0.05, 0) is 25.1 Å². The molecule has 4 heteroatoms. The highest BCUT2D eigenvalue weighted by molar-refractivity contribution is 6.42. The molecule has 0 radical (unpaired) electrons. The number of halogens is 2. The Morgan fingerprint density at radius 2 is 2.00 bits per heavy atom. The molecule has 76 valence electrons. The van der Waals surface area contributed by atoms with Crippen LogP contribution in [-0.2, 0) is 0 Å². The third kappa shape index (κ3) is 2.40.